The Balaban J connectivity index is 1.29. The molecule has 9 heteroatoms. The van der Waals surface area contributed by atoms with Crippen molar-refractivity contribution in [3.63, 3.8) is 0 Å². The van der Waals surface area contributed by atoms with E-state index in [4.69, 9.17) is 18.4 Å². The fraction of sp³-hybridized carbons (Fsp3) is 0.143. The molecule has 0 fully saturated rings. The van der Waals surface area contributed by atoms with Crippen LogP contribution in [0.5, 0.6) is 11.5 Å². The first-order valence-corrected chi connectivity index (χ1v) is 9.04. The highest BCUT2D eigenvalue weighted by molar-refractivity contribution is 5.92. The number of hydrogen-bond acceptors (Lipinski definition) is 8. The van der Waals surface area contributed by atoms with E-state index in [0.29, 0.717) is 34.5 Å². The molecule has 0 aliphatic carbocycles. The van der Waals surface area contributed by atoms with Crippen LogP contribution >= 0.6 is 0 Å². The summed E-state index contributed by atoms with van der Waals surface area (Å²) >= 11 is 0. The molecule has 0 bridgehead atoms. The minimum Gasteiger partial charge on any atom is -0.484 e. The lowest BCUT2D eigenvalue weighted by Crippen LogP contribution is -2.20. The Morgan fingerprint density at radius 3 is 2.57 bits per heavy atom. The van der Waals surface area contributed by atoms with Crippen LogP contribution in [0.1, 0.15) is 11.7 Å². The number of carbonyl (C=O) groups is 1. The number of nitrogens with one attached hydrogen (secondary N) is 1. The van der Waals surface area contributed by atoms with E-state index in [1.807, 2.05) is 0 Å². The van der Waals surface area contributed by atoms with Gasteiger partial charge in [-0.1, -0.05) is 5.16 Å². The molecule has 2 aromatic carbocycles. The fourth-order valence-corrected chi connectivity index (χ4v) is 2.65. The third-order valence-corrected chi connectivity index (χ3v) is 4.03. The van der Waals surface area contributed by atoms with Crippen molar-refractivity contribution < 1.29 is 23.2 Å². The fourth-order valence-electron chi connectivity index (χ4n) is 2.65. The number of hydrogen-bond donors (Lipinski definition) is 1. The number of fused-ring (bicyclic) bond motifs is 1. The van der Waals surface area contributed by atoms with E-state index in [1.54, 1.807) is 55.5 Å². The maximum Gasteiger partial charge on any atom is 0.336 e. The van der Waals surface area contributed by atoms with Crippen LogP contribution in [0.25, 0.3) is 11.0 Å². The van der Waals surface area contributed by atoms with Crippen molar-refractivity contribution in [2.45, 2.75) is 13.5 Å². The van der Waals surface area contributed by atoms with Gasteiger partial charge < -0.3 is 23.7 Å². The van der Waals surface area contributed by atoms with Crippen LogP contribution in [-0.2, 0) is 11.4 Å². The molecule has 0 saturated carbocycles. The van der Waals surface area contributed by atoms with Gasteiger partial charge in [0.2, 0.25) is 0 Å². The number of nitrogens with zero attached hydrogens (tertiary/aromatic N) is 2. The van der Waals surface area contributed by atoms with Gasteiger partial charge in [0.15, 0.2) is 19.0 Å². The van der Waals surface area contributed by atoms with E-state index in [2.05, 4.69) is 15.5 Å². The normalized spacial score (nSPS) is 10.7. The van der Waals surface area contributed by atoms with Gasteiger partial charge in [-0.25, -0.2) is 4.79 Å². The van der Waals surface area contributed by atoms with Crippen molar-refractivity contribution in [3.8, 4) is 11.5 Å². The molecule has 2 aromatic heterocycles. The van der Waals surface area contributed by atoms with Crippen LogP contribution in [0, 0.1) is 6.92 Å². The highest BCUT2D eigenvalue weighted by atomic mass is 16.5. The second kappa shape index (κ2) is 8.48. The number of carbonyl (C=O) groups excluding carboxylic acids is 1. The molecule has 4 aromatic rings. The van der Waals surface area contributed by atoms with Gasteiger partial charge in [0.25, 0.3) is 11.8 Å². The largest absolute Gasteiger partial charge is 0.484 e. The average Bonchev–Trinajstić information content (AvgIpc) is 3.16. The first-order chi connectivity index (χ1) is 14.5. The zero-order valence-corrected chi connectivity index (χ0v) is 16.0. The van der Waals surface area contributed by atoms with E-state index < -0.39 is 5.63 Å². The Kier molecular flexibility index (Phi) is 5.42. The summed E-state index contributed by atoms with van der Waals surface area (Å²) in [4.78, 5) is 27.5. The SMILES string of the molecule is Cc1noc(COc2ccc(NC(=O)COc3ccc4ccc(=O)oc4c3)cc2)n1. The molecule has 0 saturated heterocycles. The van der Waals surface area contributed by atoms with Crippen LogP contribution in [0.2, 0.25) is 0 Å². The summed E-state index contributed by atoms with van der Waals surface area (Å²) in [6, 6.07) is 14.9. The van der Waals surface area contributed by atoms with Crippen molar-refractivity contribution in [1.29, 1.82) is 0 Å². The van der Waals surface area contributed by atoms with E-state index in [-0.39, 0.29) is 19.1 Å². The van der Waals surface area contributed by atoms with E-state index in [9.17, 15) is 9.59 Å². The van der Waals surface area contributed by atoms with Crippen LogP contribution in [0.3, 0.4) is 0 Å². The molecule has 0 unspecified atom stereocenters. The minimum absolute atomic E-state index is 0.159. The summed E-state index contributed by atoms with van der Waals surface area (Å²) in [6.45, 7) is 1.69. The number of rotatable bonds is 7. The molecule has 1 N–H and O–H groups in total. The average molecular weight is 407 g/mol. The molecule has 30 heavy (non-hydrogen) atoms. The Labute approximate surface area is 170 Å². The Morgan fingerprint density at radius 2 is 1.80 bits per heavy atom. The lowest BCUT2D eigenvalue weighted by Gasteiger charge is -2.09. The summed E-state index contributed by atoms with van der Waals surface area (Å²) in [6.07, 6.45) is 0. The Hall–Kier alpha value is -4.14. The van der Waals surface area contributed by atoms with Crippen LogP contribution < -0.4 is 20.4 Å². The van der Waals surface area contributed by atoms with Gasteiger partial charge in [-0.05, 0) is 49.4 Å². The van der Waals surface area contributed by atoms with Gasteiger partial charge in [0.05, 0.1) is 0 Å². The maximum atomic E-state index is 12.1. The lowest BCUT2D eigenvalue weighted by atomic mass is 10.2. The van der Waals surface area contributed by atoms with E-state index in [0.717, 1.165) is 5.39 Å². The predicted octanol–water partition coefficient (Wildman–Crippen LogP) is 3.08. The number of anilines is 1. The second-order valence-electron chi connectivity index (χ2n) is 6.34. The molecule has 0 spiro atoms. The standard InChI is InChI=1S/C21H17N3O6/c1-13-22-20(30-24-13)12-28-16-7-4-15(5-8-16)23-19(25)11-27-17-6-2-14-3-9-21(26)29-18(14)10-17/h2-10H,11-12H2,1H3,(H,23,25). The van der Waals surface area contributed by atoms with Gasteiger partial charge in [-0.3, -0.25) is 4.79 Å². The number of amides is 1. The summed E-state index contributed by atoms with van der Waals surface area (Å²) < 4.78 is 21.1. The molecule has 0 atom stereocenters. The van der Waals surface area contributed by atoms with E-state index in [1.165, 1.54) is 6.07 Å². The van der Waals surface area contributed by atoms with Gasteiger partial charge in [0, 0.05) is 23.2 Å². The second-order valence-corrected chi connectivity index (χ2v) is 6.34. The maximum absolute atomic E-state index is 12.1. The number of ether oxygens (including phenoxy) is 2. The van der Waals surface area contributed by atoms with Gasteiger partial charge >= 0.3 is 5.63 Å². The monoisotopic (exact) mass is 407 g/mol. The number of aromatic nitrogens is 2. The molecule has 4 rings (SSSR count). The first-order valence-electron chi connectivity index (χ1n) is 9.04. The topological polar surface area (TPSA) is 117 Å². The highest BCUT2D eigenvalue weighted by Crippen LogP contribution is 2.20. The van der Waals surface area contributed by atoms with Gasteiger partial charge in [-0.15, -0.1) is 0 Å². The van der Waals surface area contributed by atoms with Gasteiger partial charge in [0.1, 0.15) is 17.1 Å². The van der Waals surface area contributed by atoms with Gasteiger partial charge in [-0.2, -0.15) is 4.98 Å². The first kappa shape index (κ1) is 19.2. The number of aryl methyl sites for hydroxylation is 1. The lowest BCUT2D eigenvalue weighted by molar-refractivity contribution is -0.118. The van der Waals surface area contributed by atoms with Crippen LogP contribution in [-0.4, -0.2) is 22.7 Å². The zero-order chi connectivity index (χ0) is 20.9. The number of benzene rings is 2. The predicted molar refractivity (Wildman–Crippen MR) is 106 cm³/mol. The van der Waals surface area contributed by atoms with Crippen molar-refractivity contribution in [2.75, 3.05) is 11.9 Å². The molecular formula is C21H17N3O6. The molecule has 0 radical (unpaired) electrons. The molecule has 0 aliphatic heterocycles. The van der Waals surface area contributed by atoms with Crippen molar-refractivity contribution in [1.82, 2.24) is 10.1 Å². The summed E-state index contributed by atoms with van der Waals surface area (Å²) in [5.74, 6) is 1.61. The molecule has 2 heterocycles. The summed E-state index contributed by atoms with van der Waals surface area (Å²) in [7, 11) is 0. The highest BCUT2D eigenvalue weighted by Gasteiger charge is 2.07. The van der Waals surface area contributed by atoms with Crippen molar-refractivity contribution in [2.24, 2.45) is 0 Å². The third kappa shape index (κ3) is 4.82. The Bertz CT molecular complexity index is 1230. The third-order valence-electron chi connectivity index (χ3n) is 4.03. The summed E-state index contributed by atoms with van der Waals surface area (Å²) in [5, 5.41) is 7.18. The van der Waals surface area contributed by atoms with Crippen molar-refractivity contribution in [3.05, 3.63) is 76.7 Å². The Morgan fingerprint density at radius 1 is 1.03 bits per heavy atom. The molecule has 9 nitrogen and oxygen atoms in total. The quantitative estimate of drug-likeness (QED) is 0.465. The summed E-state index contributed by atoms with van der Waals surface area (Å²) in [5.41, 5.74) is 0.540. The van der Waals surface area contributed by atoms with Crippen LogP contribution in [0.15, 0.2) is 68.3 Å². The van der Waals surface area contributed by atoms with Crippen LogP contribution in [0.4, 0.5) is 5.69 Å². The molecule has 0 aliphatic rings. The smallest absolute Gasteiger partial charge is 0.336 e. The molecule has 152 valence electrons. The molecule has 1 amide bonds. The minimum atomic E-state index is -0.447. The zero-order valence-electron chi connectivity index (χ0n) is 16.0. The van der Waals surface area contributed by atoms with Crippen molar-refractivity contribution >= 4 is 22.6 Å². The molecular weight excluding hydrogens is 390 g/mol. The van der Waals surface area contributed by atoms with E-state index >= 15 is 0 Å².